The van der Waals surface area contributed by atoms with Crippen LogP contribution in [0, 0.1) is 20.8 Å². The molecule has 7 nitrogen and oxygen atoms in total. The van der Waals surface area contributed by atoms with Gasteiger partial charge in [0.15, 0.2) is 0 Å². The van der Waals surface area contributed by atoms with Crippen LogP contribution in [0.5, 0.6) is 0 Å². The highest BCUT2D eigenvalue weighted by molar-refractivity contribution is 7.89. The van der Waals surface area contributed by atoms with Crippen molar-refractivity contribution in [2.75, 3.05) is 18.4 Å². The van der Waals surface area contributed by atoms with Crippen molar-refractivity contribution in [2.45, 2.75) is 51.5 Å². The van der Waals surface area contributed by atoms with E-state index in [-0.39, 0.29) is 17.3 Å². The summed E-state index contributed by atoms with van der Waals surface area (Å²) in [5.41, 5.74) is 2.39. The van der Waals surface area contributed by atoms with Crippen molar-refractivity contribution in [3.63, 3.8) is 0 Å². The van der Waals surface area contributed by atoms with E-state index in [0.29, 0.717) is 35.2 Å². The van der Waals surface area contributed by atoms with E-state index in [1.54, 1.807) is 26.0 Å². The summed E-state index contributed by atoms with van der Waals surface area (Å²) in [5, 5.41) is 7.65. The minimum absolute atomic E-state index is 0.0757. The molecule has 0 aliphatic carbocycles. The molecule has 1 saturated heterocycles. The lowest BCUT2D eigenvalue weighted by Gasteiger charge is -2.25. The number of hydrogen-bond acceptors (Lipinski definition) is 4. The average molecular weight is 425 g/mol. The number of carbonyl (C=O) groups excluding carboxylic acids is 1. The first-order valence-corrected chi connectivity index (χ1v) is 11.1. The van der Waals surface area contributed by atoms with E-state index in [4.69, 9.17) is 11.6 Å². The Morgan fingerprint density at radius 1 is 1.18 bits per heavy atom. The van der Waals surface area contributed by atoms with Crippen LogP contribution in [-0.4, -0.2) is 41.5 Å². The molecule has 1 fully saturated rings. The fourth-order valence-electron chi connectivity index (χ4n) is 3.45. The van der Waals surface area contributed by atoms with Gasteiger partial charge in [-0.15, -0.1) is 0 Å². The molecule has 2 heterocycles. The molecule has 0 saturated carbocycles. The molecule has 1 aromatic carbocycles. The Morgan fingerprint density at radius 2 is 1.86 bits per heavy atom. The van der Waals surface area contributed by atoms with Gasteiger partial charge in [-0.1, -0.05) is 24.1 Å². The molecule has 1 N–H and O–H groups in total. The summed E-state index contributed by atoms with van der Waals surface area (Å²) in [5.74, 6) is -0.299. The Labute approximate surface area is 170 Å². The highest BCUT2D eigenvalue weighted by atomic mass is 35.5. The molecule has 0 bridgehead atoms. The van der Waals surface area contributed by atoms with Crippen LogP contribution in [0.15, 0.2) is 23.1 Å². The molecule has 0 radical (unpaired) electrons. The number of halogens is 1. The summed E-state index contributed by atoms with van der Waals surface area (Å²) in [4.78, 5) is 12.6. The van der Waals surface area contributed by atoms with Gasteiger partial charge in [-0.3, -0.25) is 9.48 Å². The van der Waals surface area contributed by atoms with Crippen molar-refractivity contribution in [3.8, 4) is 0 Å². The second-order valence-corrected chi connectivity index (χ2v) is 9.42. The third-order valence-corrected chi connectivity index (χ3v) is 7.54. The van der Waals surface area contributed by atoms with Crippen LogP contribution in [0.25, 0.3) is 0 Å². The van der Waals surface area contributed by atoms with Gasteiger partial charge < -0.3 is 5.32 Å². The number of benzene rings is 1. The number of aromatic nitrogens is 2. The zero-order valence-electron chi connectivity index (χ0n) is 16.3. The van der Waals surface area contributed by atoms with Gasteiger partial charge >= 0.3 is 0 Å². The van der Waals surface area contributed by atoms with Crippen LogP contribution >= 0.6 is 11.6 Å². The maximum Gasteiger partial charge on any atom is 0.246 e. The van der Waals surface area contributed by atoms with Gasteiger partial charge in [-0.2, -0.15) is 9.40 Å². The van der Waals surface area contributed by atoms with Gasteiger partial charge in [0.25, 0.3) is 0 Å². The molecule has 1 amide bonds. The van der Waals surface area contributed by atoms with Crippen molar-refractivity contribution in [3.05, 3.63) is 40.2 Å². The van der Waals surface area contributed by atoms with Gasteiger partial charge in [0.1, 0.15) is 11.4 Å². The SMILES string of the molecule is Cc1ccc(NC(=O)Cn2nc(C)c(S(=O)(=O)N3CCCCC3)c2C)cc1Cl. The van der Waals surface area contributed by atoms with E-state index in [9.17, 15) is 13.2 Å². The summed E-state index contributed by atoms with van der Waals surface area (Å²) in [6.07, 6.45) is 2.78. The quantitative estimate of drug-likeness (QED) is 0.798. The first-order chi connectivity index (χ1) is 13.2. The van der Waals surface area contributed by atoms with Crippen molar-refractivity contribution in [2.24, 2.45) is 0 Å². The topological polar surface area (TPSA) is 84.3 Å². The van der Waals surface area contributed by atoms with E-state index in [1.165, 1.54) is 8.99 Å². The molecule has 1 aromatic heterocycles. The molecule has 0 spiro atoms. The number of carbonyl (C=O) groups is 1. The zero-order chi connectivity index (χ0) is 20.5. The number of rotatable bonds is 5. The molecule has 3 rings (SSSR count). The predicted octanol–water partition coefficient (Wildman–Crippen LogP) is 3.28. The number of aryl methyl sites for hydroxylation is 2. The van der Waals surface area contributed by atoms with Crippen LogP contribution in [0.1, 0.15) is 36.2 Å². The standard InChI is InChI=1S/C19H25ClN4O3S/c1-13-7-8-16(11-17(13)20)21-18(25)12-24-15(3)19(14(2)22-24)28(26,27)23-9-5-4-6-10-23/h7-8,11H,4-6,9-10,12H2,1-3H3,(H,21,25). The van der Waals surface area contributed by atoms with Crippen molar-refractivity contribution < 1.29 is 13.2 Å². The molecular weight excluding hydrogens is 400 g/mol. The molecule has 1 aliphatic rings. The number of piperidine rings is 1. The monoisotopic (exact) mass is 424 g/mol. The number of nitrogens with zero attached hydrogens (tertiary/aromatic N) is 3. The smallest absolute Gasteiger partial charge is 0.246 e. The molecule has 9 heteroatoms. The zero-order valence-corrected chi connectivity index (χ0v) is 17.9. The Kier molecular flexibility index (Phi) is 6.12. The first kappa shape index (κ1) is 20.8. The Balaban J connectivity index is 1.79. The molecular formula is C19H25ClN4O3S. The van der Waals surface area contributed by atoms with E-state index < -0.39 is 10.0 Å². The Morgan fingerprint density at radius 3 is 2.50 bits per heavy atom. The molecule has 1 aliphatic heterocycles. The fourth-order valence-corrected chi connectivity index (χ4v) is 5.52. The maximum absolute atomic E-state index is 13.0. The normalized spacial score (nSPS) is 15.6. The van der Waals surface area contributed by atoms with Gasteiger partial charge in [0.05, 0.1) is 11.4 Å². The molecule has 28 heavy (non-hydrogen) atoms. The molecule has 0 unspecified atom stereocenters. The number of anilines is 1. The average Bonchev–Trinajstić information content (AvgIpc) is 2.92. The lowest BCUT2D eigenvalue weighted by molar-refractivity contribution is -0.116. The van der Waals surface area contributed by atoms with Gasteiger partial charge in [-0.05, 0) is 51.3 Å². The van der Waals surface area contributed by atoms with Crippen LogP contribution in [0.4, 0.5) is 5.69 Å². The highest BCUT2D eigenvalue weighted by Gasteiger charge is 2.32. The van der Waals surface area contributed by atoms with Crippen LogP contribution in [0.2, 0.25) is 5.02 Å². The van der Waals surface area contributed by atoms with Crippen molar-refractivity contribution in [1.29, 1.82) is 0 Å². The van der Waals surface area contributed by atoms with Gasteiger partial charge in [-0.25, -0.2) is 8.42 Å². The summed E-state index contributed by atoms with van der Waals surface area (Å²) in [6, 6.07) is 5.28. The van der Waals surface area contributed by atoms with Crippen LogP contribution < -0.4 is 5.32 Å². The number of hydrogen-bond donors (Lipinski definition) is 1. The van der Waals surface area contributed by atoms with E-state index in [0.717, 1.165) is 24.8 Å². The minimum atomic E-state index is -3.61. The summed E-state index contributed by atoms with van der Waals surface area (Å²) in [7, 11) is -3.61. The molecule has 152 valence electrons. The predicted molar refractivity (Wildman–Crippen MR) is 109 cm³/mol. The lowest BCUT2D eigenvalue weighted by atomic mass is 10.2. The van der Waals surface area contributed by atoms with Gasteiger partial charge in [0, 0.05) is 23.8 Å². The fraction of sp³-hybridized carbons (Fsp3) is 0.474. The highest BCUT2D eigenvalue weighted by Crippen LogP contribution is 2.26. The summed E-state index contributed by atoms with van der Waals surface area (Å²) < 4.78 is 29.1. The summed E-state index contributed by atoms with van der Waals surface area (Å²) >= 11 is 6.09. The first-order valence-electron chi connectivity index (χ1n) is 9.30. The second-order valence-electron chi connectivity index (χ2n) is 7.13. The second kappa shape index (κ2) is 8.23. The Bertz CT molecular complexity index is 995. The van der Waals surface area contributed by atoms with E-state index in [1.807, 2.05) is 13.0 Å². The summed E-state index contributed by atoms with van der Waals surface area (Å²) in [6.45, 7) is 6.22. The minimum Gasteiger partial charge on any atom is -0.324 e. The van der Waals surface area contributed by atoms with Gasteiger partial charge in [0.2, 0.25) is 15.9 Å². The van der Waals surface area contributed by atoms with E-state index >= 15 is 0 Å². The van der Waals surface area contributed by atoms with Crippen LogP contribution in [0.3, 0.4) is 0 Å². The van der Waals surface area contributed by atoms with Crippen molar-refractivity contribution in [1.82, 2.24) is 14.1 Å². The Hall–Kier alpha value is -1.90. The number of sulfonamides is 1. The molecule has 2 aromatic rings. The largest absolute Gasteiger partial charge is 0.324 e. The number of nitrogens with one attached hydrogen (secondary N) is 1. The third kappa shape index (κ3) is 4.24. The molecule has 0 atom stereocenters. The third-order valence-electron chi connectivity index (χ3n) is 4.98. The number of amides is 1. The lowest BCUT2D eigenvalue weighted by Crippen LogP contribution is -2.36. The van der Waals surface area contributed by atoms with E-state index in [2.05, 4.69) is 10.4 Å². The maximum atomic E-state index is 13.0. The van der Waals surface area contributed by atoms with Crippen molar-refractivity contribution >= 4 is 33.2 Å². The van der Waals surface area contributed by atoms with Crippen LogP contribution in [-0.2, 0) is 21.4 Å².